The molecule has 0 atom stereocenters. The highest BCUT2D eigenvalue weighted by Crippen LogP contribution is 2.20. The Morgan fingerprint density at radius 1 is 1.23 bits per heavy atom. The van der Waals surface area contributed by atoms with Gasteiger partial charge in [0, 0.05) is 48.1 Å². The highest BCUT2D eigenvalue weighted by atomic mass is 16.3. The van der Waals surface area contributed by atoms with Gasteiger partial charge in [0.1, 0.15) is 5.82 Å². The maximum atomic E-state index is 9.99. The lowest BCUT2D eigenvalue weighted by Gasteiger charge is -2.09. The molecule has 0 saturated heterocycles. The summed E-state index contributed by atoms with van der Waals surface area (Å²) in [6, 6.07) is 5.37. The van der Waals surface area contributed by atoms with E-state index in [1.165, 1.54) is 6.08 Å². The first-order valence-corrected chi connectivity index (χ1v) is 8.28. The molecule has 0 spiro atoms. The molecule has 0 aromatic carbocycles. The van der Waals surface area contributed by atoms with E-state index >= 15 is 0 Å². The van der Waals surface area contributed by atoms with Crippen LogP contribution in [0.1, 0.15) is 26.3 Å². The first kappa shape index (κ1) is 19.1. The minimum Gasteiger partial charge on any atom is -0.494 e. The van der Waals surface area contributed by atoms with Crippen LogP contribution < -0.4 is 10.6 Å². The second-order valence-electron chi connectivity index (χ2n) is 6.20. The summed E-state index contributed by atoms with van der Waals surface area (Å²) in [5.41, 5.74) is 3.61. The van der Waals surface area contributed by atoms with Gasteiger partial charge in [0.25, 0.3) is 0 Å². The van der Waals surface area contributed by atoms with Crippen LogP contribution in [0, 0.1) is 16.7 Å². The number of fused-ring (bicyclic) bond motifs is 1. The Kier molecular flexibility index (Phi) is 6.06. The number of nitrogens with one attached hydrogen (secondary N) is 4. The number of hydrogen-bond acceptors (Lipinski definition) is 7. The third-order valence-corrected chi connectivity index (χ3v) is 3.71. The lowest BCUT2D eigenvalue weighted by Crippen LogP contribution is -2.08. The number of aliphatic hydroxyl groups is 1. The molecule has 0 aliphatic heterocycles. The molecule has 0 aliphatic rings. The van der Waals surface area contributed by atoms with Crippen LogP contribution >= 0.6 is 0 Å². The van der Waals surface area contributed by atoms with Crippen molar-refractivity contribution in [3.05, 3.63) is 48.1 Å². The van der Waals surface area contributed by atoms with E-state index in [9.17, 15) is 5.11 Å². The molecule has 2 heterocycles. The van der Waals surface area contributed by atoms with Crippen molar-refractivity contribution >= 4 is 33.8 Å². The molecule has 0 fully saturated rings. The first-order chi connectivity index (χ1) is 12.3. The number of pyridine rings is 2. The van der Waals surface area contributed by atoms with Crippen LogP contribution in [0.25, 0.3) is 16.6 Å². The van der Waals surface area contributed by atoms with Crippen molar-refractivity contribution in [3.63, 3.8) is 0 Å². The zero-order valence-electron chi connectivity index (χ0n) is 15.4. The highest BCUT2D eigenvalue weighted by Gasteiger charge is 2.08. The van der Waals surface area contributed by atoms with Gasteiger partial charge in [-0.2, -0.15) is 0 Å². The van der Waals surface area contributed by atoms with Gasteiger partial charge in [-0.3, -0.25) is 4.98 Å². The van der Waals surface area contributed by atoms with Crippen LogP contribution in [0.3, 0.4) is 0 Å². The number of nitrogens with zero attached hydrogens (tertiary/aromatic N) is 2. The van der Waals surface area contributed by atoms with E-state index in [4.69, 9.17) is 10.8 Å². The first-order valence-electron chi connectivity index (χ1n) is 8.28. The molecular formula is C19H24N6O. The lowest BCUT2D eigenvalue weighted by atomic mass is 10.0. The zero-order valence-corrected chi connectivity index (χ0v) is 15.4. The molecule has 0 saturated carbocycles. The molecule has 0 radical (unpaired) electrons. The number of aromatic nitrogens is 2. The largest absolute Gasteiger partial charge is 0.494 e. The average molecular weight is 352 g/mol. The predicted octanol–water partition coefficient (Wildman–Crippen LogP) is 3.72. The van der Waals surface area contributed by atoms with Gasteiger partial charge >= 0.3 is 0 Å². The van der Waals surface area contributed by atoms with Crippen molar-refractivity contribution in [3.8, 4) is 0 Å². The van der Waals surface area contributed by atoms with Gasteiger partial charge in [0.15, 0.2) is 5.88 Å². The summed E-state index contributed by atoms with van der Waals surface area (Å²) in [4.78, 5) is 8.86. The molecule has 0 unspecified atom stereocenters. The molecule has 2 aromatic heterocycles. The Hall–Kier alpha value is -3.22. The third kappa shape index (κ3) is 4.66. The van der Waals surface area contributed by atoms with Gasteiger partial charge in [-0.05, 0) is 31.0 Å². The van der Waals surface area contributed by atoms with E-state index in [1.54, 1.807) is 38.5 Å². The number of hydrogen-bond donors (Lipinski definition) is 5. The van der Waals surface area contributed by atoms with Crippen molar-refractivity contribution in [1.82, 2.24) is 15.3 Å². The van der Waals surface area contributed by atoms with E-state index in [0.29, 0.717) is 28.3 Å². The van der Waals surface area contributed by atoms with Crippen LogP contribution in [0.5, 0.6) is 0 Å². The molecule has 136 valence electrons. The summed E-state index contributed by atoms with van der Waals surface area (Å²) in [7, 11) is 1.78. The van der Waals surface area contributed by atoms with Gasteiger partial charge in [-0.15, -0.1) is 0 Å². The topological polar surface area (TPSA) is 118 Å². The van der Waals surface area contributed by atoms with Crippen LogP contribution in [-0.2, 0) is 0 Å². The number of anilines is 1. The Morgan fingerprint density at radius 3 is 2.58 bits per heavy atom. The highest BCUT2D eigenvalue weighted by molar-refractivity contribution is 6.21. The van der Waals surface area contributed by atoms with Gasteiger partial charge in [0.05, 0.1) is 11.0 Å². The van der Waals surface area contributed by atoms with Gasteiger partial charge in [0.2, 0.25) is 0 Å². The normalized spacial score (nSPS) is 12.3. The van der Waals surface area contributed by atoms with Crippen LogP contribution in [0.4, 0.5) is 5.82 Å². The van der Waals surface area contributed by atoms with E-state index in [2.05, 4.69) is 20.6 Å². The predicted molar refractivity (Wildman–Crippen MR) is 107 cm³/mol. The number of aliphatic hydroxyl groups excluding tert-OH is 1. The fraction of sp³-hybridized carbons (Fsp3) is 0.263. The molecule has 0 amide bonds. The van der Waals surface area contributed by atoms with Crippen LogP contribution in [0.2, 0.25) is 0 Å². The number of allylic oxidation sites excluding steroid dienone is 2. The maximum absolute atomic E-state index is 9.99. The summed E-state index contributed by atoms with van der Waals surface area (Å²) in [6.07, 6.45) is 4.83. The van der Waals surface area contributed by atoms with E-state index < -0.39 is 0 Å². The average Bonchev–Trinajstić information content (AvgIpc) is 2.58. The molecule has 7 heteroatoms. The fourth-order valence-electron chi connectivity index (χ4n) is 2.26. The van der Waals surface area contributed by atoms with Crippen LogP contribution in [0.15, 0.2) is 42.6 Å². The quantitative estimate of drug-likeness (QED) is 0.384. The SMILES string of the molecule is CN/C=C(\C(C)=N)c1cnc2ccc(N/C(O)=C/C(=N)C(C)C)nc2c1. The van der Waals surface area contributed by atoms with Crippen molar-refractivity contribution < 1.29 is 5.11 Å². The molecule has 0 aliphatic carbocycles. The fourth-order valence-corrected chi connectivity index (χ4v) is 2.26. The summed E-state index contributed by atoms with van der Waals surface area (Å²) in [6.45, 7) is 5.48. The molecule has 5 N–H and O–H groups in total. The van der Waals surface area contributed by atoms with Crippen molar-refractivity contribution in [2.45, 2.75) is 20.8 Å². The van der Waals surface area contributed by atoms with Crippen molar-refractivity contribution in [2.75, 3.05) is 12.4 Å². The summed E-state index contributed by atoms with van der Waals surface area (Å²) < 4.78 is 0. The van der Waals surface area contributed by atoms with E-state index in [-0.39, 0.29) is 11.8 Å². The minimum atomic E-state index is -0.134. The minimum absolute atomic E-state index is 0.0250. The molecule has 0 bridgehead atoms. The Bertz CT molecular complexity index is 898. The van der Waals surface area contributed by atoms with Gasteiger partial charge < -0.3 is 26.6 Å². The van der Waals surface area contributed by atoms with E-state index in [1.807, 2.05) is 19.9 Å². The molecule has 7 nitrogen and oxygen atoms in total. The molecular weight excluding hydrogens is 328 g/mol. The molecule has 26 heavy (non-hydrogen) atoms. The third-order valence-electron chi connectivity index (χ3n) is 3.71. The second kappa shape index (κ2) is 8.24. The van der Waals surface area contributed by atoms with Gasteiger partial charge in [-0.1, -0.05) is 13.8 Å². The lowest BCUT2D eigenvalue weighted by molar-refractivity contribution is 0.419. The monoisotopic (exact) mass is 352 g/mol. The smallest absolute Gasteiger partial charge is 0.191 e. The Labute approximate surface area is 152 Å². The maximum Gasteiger partial charge on any atom is 0.191 e. The zero-order chi connectivity index (χ0) is 19.3. The van der Waals surface area contributed by atoms with Crippen LogP contribution in [-0.4, -0.2) is 33.5 Å². The van der Waals surface area contributed by atoms with Crippen molar-refractivity contribution in [2.24, 2.45) is 5.92 Å². The van der Waals surface area contributed by atoms with E-state index in [0.717, 1.165) is 11.1 Å². The summed E-state index contributed by atoms with van der Waals surface area (Å²) in [5.74, 6) is 0.343. The summed E-state index contributed by atoms with van der Waals surface area (Å²) in [5, 5.41) is 31.4. The van der Waals surface area contributed by atoms with Crippen molar-refractivity contribution in [1.29, 1.82) is 10.8 Å². The van der Waals surface area contributed by atoms with Gasteiger partial charge in [-0.25, -0.2) is 4.98 Å². The molecule has 2 rings (SSSR count). The molecule has 2 aromatic rings. The second-order valence-corrected chi connectivity index (χ2v) is 6.20. The Balaban J connectivity index is 2.36. The number of rotatable bonds is 7. The standard InChI is InChI=1S/C19H24N6O/c1-11(2)15(21)8-19(26)25-18-6-5-16-17(24-18)7-13(9-23-16)14(10-22-4)12(3)20/h5-11,20-22,26H,1-4H3,(H,24,25)/b14-10+,19-8-,20-12?,21-15?. The summed E-state index contributed by atoms with van der Waals surface area (Å²) >= 11 is 0. The Morgan fingerprint density at radius 2 is 1.96 bits per heavy atom.